The second-order valence-electron chi connectivity index (χ2n) is 3.96. The number of rotatable bonds is 2. The molecule has 1 rings (SSSR count). The molecule has 0 aromatic carbocycles. The summed E-state index contributed by atoms with van der Waals surface area (Å²) in [6.07, 6.45) is 5.12. The van der Waals surface area contributed by atoms with Gasteiger partial charge in [-0.25, -0.2) is 4.39 Å². The number of alkyl halides is 1. The van der Waals surface area contributed by atoms with Crippen LogP contribution in [0.5, 0.6) is 0 Å². The highest BCUT2D eigenvalue weighted by Gasteiger charge is 2.26. The van der Waals surface area contributed by atoms with E-state index in [9.17, 15) is 4.39 Å². The van der Waals surface area contributed by atoms with Gasteiger partial charge in [-0.15, -0.1) is 0 Å². The highest BCUT2D eigenvalue weighted by molar-refractivity contribution is 4.77. The first-order valence-electron chi connectivity index (χ1n) is 4.88. The lowest BCUT2D eigenvalue weighted by Gasteiger charge is -2.29. The third-order valence-electron chi connectivity index (χ3n) is 2.90. The average molecular weight is 158 g/mol. The van der Waals surface area contributed by atoms with Crippen molar-refractivity contribution in [3.05, 3.63) is 0 Å². The molecular formula is C10H19F. The zero-order valence-corrected chi connectivity index (χ0v) is 7.65. The Bertz CT molecular complexity index is 111. The maximum atomic E-state index is 13.2. The quantitative estimate of drug-likeness (QED) is 0.576. The van der Waals surface area contributed by atoms with Gasteiger partial charge in [0.1, 0.15) is 6.17 Å². The van der Waals surface area contributed by atoms with Crippen LogP contribution in [0.15, 0.2) is 0 Å². The van der Waals surface area contributed by atoms with E-state index in [0.29, 0.717) is 11.8 Å². The van der Waals surface area contributed by atoms with Gasteiger partial charge in [0.2, 0.25) is 0 Å². The standard InChI is InChI=1S/C10H19F/c1-3-4-9-6-5-8(2)10(11)7-9/h8-10H,3-7H2,1-2H3/t8-,9?,10+/m0/s1. The van der Waals surface area contributed by atoms with E-state index in [0.717, 1.165) is 12.8 Å². The molecule has 0 nitrogen and oxygen atoms in total. The van der Waals surface area contributed by atoms with Crippen molar-refractivity contribution in [1.29, 1.82) is 0 Å². The van der Waals surface area contributed by atoms with Crippen molar-refractivity contribution in [3.8, 4) is 0 Å². The Morgan fingerprint density at radius 2 is 2.09 bits per heavy atom. The van der Waals surface area contributed by atoms with Gasteiger partial charge in [0.15, 0.2) is 0 Å². The Morgan fingerprint density at radius 1 is 1.36 bits per heavy atom. The van der Waals surface area contributed by atoms with Crippen LogP contribution in [0.3, 0.4) is 0 Å². The summed E-state index contributed by atoms with van der Waals surface area (Å²) < 4.78 is 13.2. The van der Waals surface area contributed by atoms with Crippen molar-refractivity contribution in [1.82, 2.24) is 0 Å². The lowest BCUT2D eigenvalue weighted by molar-refractivity contribution is 0.133. The maximum Gasteiger partial charge on any atom is 0.103 e. The molecule has 0 spiro atoms. The molecule has 1 saturated carbocycles. The van der Waals surface area contributed by atoms with Gasteiger partial charge in [0, 0.05) is 0 Å². The molecule has 0 amide bonds. The molecule has 0 aromatic rings. The predicted molar refractivity (Wildman–Crippen MR) is 46.3 cm³/mol. The van der Waals surface area contributed by atoms with E-state index in [2.05, 4.69) is 6.92 Å². The highest BCUT2D eigenvalue weighted by atomic mass is 19.1. The molecule has 11 heavy (non-hydrogen) atoms. The van der Waals surface area contributed by atoms with Crippen LogP contribution >= 0.6 is 0 Å². The highest BCUT2D eigenvalue weighted by Crippen LogP contribution is 2.33. The minimum Gasteiger partial charge on any atom is -0.247 e. The fraction of sp³-hybridized carbons (Fsp3) is 1.00. The van der Waals surface area contributed by atoms with Crippen molar-refractivity contribution in [3.63, 3.8) is 0 Å². The number of halogens is 1. The lowest BCUT2D eigenvalue weighted by atomic mass is 9.80. The first-order valence-corrected chi connectivity index (χ1v) is 4.88. The summed E-state index contributed by atoms with van der Waals surface area (Å²) in [4.78, 5) is 0. The SMILES string of the molecule is CCCC1CC[C@H](C)[C@H](F)C1. The van der Waals surface area contributed by atoms with Gasteiger partial charge in [0.25, 0.3) is 0 Å². The van der Waals surface area contributed by atoms with Gasteiger partial charge in [-0.1, -0.05) is 26.7 Å². The van der Waals surface area contributed by atoms with Crippen LogP contribution < -0.4 is 0 Å². The normalized spacial score (nSPS) is 39.0. The van der Waals surface area contributed by atoms with Crippen LogP contribution in [0.2, 0.25) is 0 Å². The molecule has 3 atom stereocenters. The third kappa shape index (κ3) is 2.46. The van der Waals surface area contributed by atoms with Gasteiger partial charge in [-0.05, 0) is 31.1 Å². The molecule has 0 radical (unpaired) electrons. The number of hydrogen-bond acceptors (Lipinski definition) is 0. The lowest BCUT2D eigenvalue weighted by Crippen LogP contribution is -2.23. The molecule has 1 aliphatic carbocycles. The Balaban J connectivity index is 2.28. The van der Waals surface area contributed by atoms with Crippen molar-refractivity contribution >= 4 is 0 Å². The van der Waals surface area contributed by atoms with E-state index in [4.69, 9.17) is 0 Å². The van der Waals surface area contributed by atoms with E-state index in [-0.39, 0.29) is 0 Å². The van der Waals surface area contributed by atoms with Crippen LogP contribution in [0.4, 0.5) is 4.39 Å². The van der Waals surface area contributed by atoms with Gasteiger partial charge in [0.05, 0.1) is 0 Å². The van der Waals surface area contributed by atoms with Crippen molar-refractivity contribution in [2.45, 2.75) is 52.1 Å². The fourth-order valence-electron chi connectivity index (χ4n) is 2.02. The van der Waals surface area contributed by atoms with Gasteiger partial charge in [-0.2, -0.15) is 0 Å². The third-order valence-corrected chi connectivity index (χ3v) is 2.90. The van der Waals surface area contributed by atoms with Crippen molar-refractivity contribution in [2.24, 2.45) is 11.8 Å². The second kappa shape index (κ2) is 4.08. The maximum absolute atomic E-state index is 13.2. The van der Waals surface area contributed by atoms with E-state index in [1.54, 1.807) is 0 Å². The molecule has 0 bridgehead atoms. The molecule has 1 unspecified atom stereocenters. The van der Waals surface area contributed by atoms with Crippen molar-refractivity contribution < 1.29 is 4.39 Å². The first-order chi connectivity index (χ1) is 5.24. The summed E-state index contributed by atoms with van der Waals surface area (Å²) >= 11 is 0. The largest absolute Gasteiger partial charge is 0.247 e. The Hall–Kier alpha value is -0.0700. The molecule has 0 aromatic heterocycles. The topological polar surface area (TPSA) is 0 Å². The van der Waals surface area contributed by atoms with E-state index in [1.165, 1.54) is 19.3 Å². The minimum absolute atomic E-state index is 0.322. The zero-order valence-electron chi connectivity index (χ0n) is 7.65. The average Bonchev–Trinajstić information content (AvgIpc) is 1.98. The van der Waals surface area contributed by atoms with E-state index < -0.39 is 6.17 Å². The van der Waals surface area contributed by atoms with E-state index in [1.807, 2.05) is 6.92 Å². The molecule has 66 valence electrons. The van der Waals surface area contributed by atoms with Gasteiger partial charge >= 0.3 is 0 Å². The molecule has 0 N–H and O–H groups in total. The number of hydrogen-bond donors (Lipinski definition) is 0. The molecular weight excluding hydrogens is 139 g/mol. The van der Waals surface area contributed by atoms with E-state index >= 15 is 0 Å². The van der Waals surface area contributed by atoms with Crippen LogP contribution in [-0.2, 0) is 0 Å². The Kier molecular flexibility index (Phi) is 3.35. The predicted octanol–water partition coefficient (Wildman–Crippen LogP) is 3.56. The second-order valence-corrected chi connectivity index (χ2v) is 3.96. The minimum atomic E-state index is -0.514. The van der Waals surface area contributed by atoms with Gasteiger partial charge < -0.3 is 0 Å². The summed E-state index contributed by atoms with van der Waals surface area (Å²) in [5, 5.41) is 0. The first kappa shape index (κ1) is 9.02. The van der Waals surface area contributed by atoms with Gasteiger partial charge in [-0.3, -0.25) is 0 Å². The smallest absolute Gasteiger partial charge is 0.103 e. The summed E-state index contributed by atoms with van der Waals surface area (Å²) in [6, 6.07) is 0. The van der Waals surface area contributed by atoms with Crippen LogP contribution in [-0.4, -0.2) is 6.17 Å². The van der Waals surface area contributed by atoms with Crippen molar-refractivity contribution in [2.75, 3.05) is 0 Å². The summed E-state index contributed by atoms with van der Waals surface area (Å²) in [7, 11) is 0. The fourth-order valence-corrected chi connectivity index (χ4v) is 2.02. The molecule has 0 aliphatic heterocycles. The van der Waals surface area contributed by atoms with Crippen LogP contribution in [0.1, 0.15) is 46.0 Å². The van der Waals surface area contributed by atoms with Crippen LogP contribution in [0, 0.1) is 11.8 Å². The molecule has 1 aliphatic rings. The summed E-state index contributed by atoms with van der Waals surface area (Å²) in [6.45, 7) is 4.22. The molecule has 1 heteroatoms. The monoisotopic (exact) mass is 158 g/mol. The summed E-state index contributed by atoms with van der Waals surface area (Å²) in [5.41, 5.74) is 0. The Morgan fingerprint density at radius 3 is 2.64 bits per heavy atom. The molecule has 0 saturated heterocycles. The summed E-state index contributed by atoms with van der Waals surface area (Å²) in [5.74, 6) is 1.01. The molecule has 1 fully saturated rings. The zero-order chi connectivity index (χ0) is 8.27. The molecule has 0 heterocycles. The Labute approximate surface area is 69.2 Å². The van der Waals surface area contributed by atoms with Crippen LogP contribution in [0.25, 0.3) is 0 Å².